The lowest BCUT2D eigenvalue weighted by molar-refractivity contribution is 0.102. The second-order valence-corrected chi connectivity index (χ2v) is 6.17. The highest BCUT2D eigenvalue weighted by molar-refractivity contribution is 6.40. The normalized spacial score (nSPS) is 10.4. The van der Waals surface area contributed by atoms with Crippen LogP contribution >= 0.6 is 23.2 Å². The van der Waals surface area contributed by atoms with Gasteiger partial charge in [0.1, 0.15) is 11.6 Å². The van der Waals surface area contributed by atoms with Crippen molar-refractivity contribution in [1.82, 2.24) is 15.0 Å². The van der Waals surface area contributed by atoms with E-state index >= 15 is 0 Å². The molecule has 0 aliphatic carbocycles. The Hall–Kier alpha value is -2.90. The summed E-state index contributed by atoms with van der Waals surface area (Å²) in [5.74, 6) is 0.718. The summed E-state index contributed by atoms with van der Waals surface area (Å²) in [5.41, 5.74) is 7.08. The maximum atomic E-state index is 12.5. The summed E-state index contributed by atoms with van der Waals surface area (Å²) in [5, 5.41) is 6.30. The van der Waals surface area contributed by atoms with Gasteiger partial charge in [0.2, 0.25) is 5.95 Å². The molecule has 132 valence electrons. The summed E-state index contributed by atoms with van der Waals surface area (Å²) < 4.78 is 0. The number of carbonyl (C=O) groups is 1. The van der Waals surface area contributed by atoms with Gasteiger partial charge >= 0.3 is 0 Å². The summed E-state index contributed by atoms with van der Waals surface area (Å²) in [6.07, 6.45) is 1.55. The molecule has 3 aromatic rings. The first-order valence-electron chi connectivity index (χ1n) is 7.52. The molecule has 2 heterocycles. The molecule has 3 rings (SSSR count). The van der Waals surface area contributed by atoms with Gasteiger partial charge in [0.25, 0.3) is 5.91 Å². The third kappa shape index (κ3) is 4.19. The van der Waals surface area contributed by atoms with Gasteiger partial charge in [-0.15, -0.1) is 0 Å². The van der Waals surface area contributed by atoms with Crippen molar-refractivity contribution in [2.75, 3.05) is 16.4 Å². The van der Waals surface area contributed by atoms with Crippen LogP contribution < -0.4 is 16.4 Å². The van der Waals surface area contributed by atoms with Gasteiger partial charge in [-0.2, -0.15) is 4.98 Å². The molecule has 7 nitrogen and oxygen atoms in total. The Kier molecular flexibility index (Phi) is 5.20. The Morgan fingerprint density at radius 2 is 1.81 bits per heavy atom. The van der Waals surface area contributed by atoms with Gasteiger partial charge < -0.3 is 16.4 Å². The Morgan fingerprint density at radius 3 is 2.50 bits per heavy atom. The predicted octanol–water partition coefficient (Wildman–Crippen LogP) is 4.06. The topological polar surface area (TPSA) is 106 Å². The standard InChI is InChI=1S/C17H14Cl2N6O/c1-9-7-14(25-17(20)22-9)24-13-8-10(5-6-21-13)23-16(26)15-11(18)3-2-4-12(15)19/h2-8H,1H3,(H4,20,21,22,23,24,25,26). The molecule has 9 heteroatoms. The van der Waals surface area contributed by atoms with Crippen LogP contribution in [0.1, 0.15) is 16.1 Å². The minimum absolute atomic E-state index is 0.158. The number of hydrogen-bond acceptors (Lipinski definition) is 6. The fourth-order valence-corrected chi connectivity index (χ4v) is 2.84. The van der Waals surface area contributed by atoms with Crippen molar-refractivity contribution in [3.05, 3.63) is 63.9 Å². The largest absolute Gasteiger partial charge is 0.368 e. The number of nitrogens with one attached hydrogen (secondary N) is 2. The van der Waals surface area contributed by atoms with Crippen LogP contribution in [0.4, 0.5) is 23.3 Å². The van der Waals surface area contributed by atoms with Crippen molar-refractivity contribution in [2.45, 2.75) is 6.92 Å². The van der Waals surface area contributed by atoms with Gasteiger partial charge in [0, 0.05) is 29.7 Å². The number of nitrogens with zero attached hydrogens (tertiary/aromatic N) is 3. The van der Waals surface area contributed by atoms with Crippen LogP contribution in [-0.4, -0.2) is 20.9 Å². The average molecular weight is 389 g/mol. The third-order valence-electron chi connectivity index (χ3n) is 3.34. The predicted molar refractivity (Wildman–Crippen MR) is 103 cm³/mol. The molecular formula is C17H14Cl2N6O. The van der Waals surface area contributed by atoms with Gasteiger partial charge in [0.05, 0.1) is 15.6 Å². The summed E-state index contributed by atoms with van der Waals surface area (Å²) >= 11 is 12.1. The highest BCUT2D eigenvalue weighted by Crippen LogP contribution is 2.26. The van der Waals surface area contributed by atoms with Crippen LogP contribution in [0.3, 0.4) is 0 Å². The van der Waals surface area contributed by atoms with E-state index in [0.29, 0.717) is 17.3 Å². The Labute approximate surface area is 159 Å². The van der Waals surface area contributed by atoms with Crippen LogP contribution in [0, 0.1) is 6.92 Å². The number of aryl methyl sites for hydroxylation is 1. The smallest absolute Gasteiger partial charge is 0.258 e. The van der Waals surface area contributed by atoms with Crippen LogP contribution in [0.5, 0.6) is 0 Å². The summed E-state index contributed by atoms with van der Waals surface area (Å²) in [6, 6.07) is 9.90. The van der Waals surface area contributed by atoms with Crippen molar-refractivity contribution in [3.8, 4) is 0 Å². The molecule has 0 unspecified atom stereocenters. The first-order valence-corrected chi connectivity index (χ1v) is 8.27. The minimum atomic E-state index is -0.417. The number of aromatic nitrogens is 3. The molecule has 0 aliphatic heterocycles. The molecule has 4 N–H and O–H groups in total. The number of pyridine rings is 1. The van der Waals surface area contributed by atoms with E-state index in [0.717, 1.165) is 5.69 Å². The van der Waals surface area contributed by atoms with Crippen LogP contribution in [0.2, 0.25) is 10.0 Å². The number of amides is 1. The maximum Gasteiger partial charge on any atom is 0.258 e. The molecule has 0 aliphatic rings. The Morgan fingerprint density at radius 1 is 1.08 bits per heavy atom. The Balaban J connectivity index is 1.80. The van der Waals surface area contributed by atoms with E-state index in [1.54, 1.807) is 49.5 Å². The second kappa shape index (κ2) is 7.55. The van der Waals surface area contributed by atoms with E-state index < -0.39 is 5.91 Å². The molecule has 0 spiro atoms. The number of benzene rings is 1. The fraction of sp³-hybridized carbons (Fsp3) is 0.0588. The molecule has 0 atom stereocenters. The number of rotatable bonds is 4. The molecule has 0 fully saturated rings. The van der Waals surface area contributed by atoms with Gasteiger partial charge in [-0.05, 0) is 25.1 Å². The molecule has 0 bridgehead atoms. The third-order valence-corrected chi connectivity index (χ3v) is 3.97. The second-order valence-electron chi connectivity index (χ2n) is 5.36. The number of carbonyl (C=O) groups excluding carboxylic acids is 1. The molecule has 0 saturated carbocycles. The van der Waals surface area contributed by atoms with E-state index in [1.165, 1.54) is 0 Å². The summed E-state index contributed by atoms with van der Waals surface area (Å²) in [4.78, 5) is 24.7. The number of halogens is 2. The van der Waals surface area contributed by atoms with Crippen molar-refractivity contribution in [3.63, 3.8) is 0 Å². The molecule has 1 aromatic carbocycles. The monoisotopic (exact) mass is 388 g/mol. The van der Waals surface area contributed by atoms with Gasteiger partial charge in [-0.25, -0.2) is 9.97 Å². The van der Waals surface area contributed by atoms with Crippen molar-refractivity contribution >= 4 is 52.4 Å². The van der Waals surface area contributed by atoms with E-state index in [4.69, 9.17) is 28.9 Å². The molecule has 0 saturated heterocycles. The molecule has 1 amide bonds. The molecule has 0 radical (unpaired) electrons. The van der Waals surface area contributed by atoms with E-state index in [1.807, 2.05) is 0 Å². The van der Waals surface area contributed by atoms with Crippen LogP contribution in [0.25, 0.3) is 0 Å². The van der Waals surface area contributed by atoms with Crippen molar-refractivity contribution in [2.24, 2.45) is 0 Å². The first kappa shape index (κ1) is 17.9. The zero-order valence-corrected chi connectivity index (χ0v) is 15.1. The molecule has 2 aromatic heterocycles. The Bertz CT molecular complexity index is 939. The fourth-order valence-electron chi connectivity index (χ4n) is 2.27. The van der Waals surface area contributed by atoms with Crippen molar-refractivity contribution < 1.29 is 4.79 Å². The zero-order chi connectivity index (χ0) is 18.7. The lowest BCUT2D eigenvalue weighted by Gasteiger charge is -2.10. The van der Waals surface area contributed by atoms with Gasteiger partial charge in [0.15, 0.2) is 0 Å². The quantitative estimate of drug-likeness (QED) is 0.621. The zero-order valence-electron chi connectivity index (χ0n) is 13.6. The van der Waals surface area contributed by atoms with Crippen molar-refractivity contribution in [1.29, 1.82) is 0 Å². The number of nitrogen functional groups attached to an aromatic ring is 1. The summed E-state index contributed by atoms with van der Waals surface area (Å²) in [7, 11) is 0. The van der Waals surface area contributed by atoms with Crippen LogP contribution in [0.15, 0.2) is 42.6 Å². The first-order chi connectivity index (χ1) is 12.4. The van der Waals surface area contributed by atoms with E-state index in [9.17, 15) is 4.79 Å². The number of anilines is 4. The number of nitrogens with two attached hydrogens (primary N) is 1. The van der Waals surface area contributed by atoms with Gasteiger partial charge in [-0.1, -0.05) is 29.3 Å². The number of hydrogen-bond donors (Lipinski definition) is 3. The lowest BCUT2D eigenvalue weighted by Crippen LogP contribution is -2.13. The minimum Gasteiger partial charge on any atom is -0.368 e. The van der Waals surface area contributed by atoms with Crippen LogP contribution in [-0.2, 0) is 0 Å². The highest BCUT2D eigenvalue weighted by atomic mass is 35.5. The highest BCUT2D eigenvalue weighted by Gasteiger charge is 2.15. The van der Waals surface area contributed by atoms with E-state index in [2.05, 4.69) is 25.6 Å². The lowest BCUT2D eigenvalue weighted by atomic mass is 10.2. The average Bonchev–Trinajstić information content (AvgIpc) is 2.54. The van der Waals surface area contributed by atoms with Gasteiger partial charge in [-0.3, -0.25) is 4.79 Å². The summed E-state index contributed by atoms with van der Waals surface area (Å²) in [6.45, 7) is 1.81. The maximum absolute atomic E-state index is 12.5. The van der Waals surface area contributed by atoms with E-state index in [-0.39, 0.29) is 21.6 Å². The SMILES string of the molecule is Cc1cc(Nc2cc(NC(=O)c3c(Cl)cccc3Cl)ccn2)nc(N)n1. The molecular weight excluding hydrogens is 375 g/mol. The molecule has 26 heavy (non-hydrogen) atoms.